The molecule has 1 heterocycles. The fraction of sp³-hybridized carbons (Fsp3) is 0.286. The second-order valence-corrected chi connectivity index (χ2v) is 40.7. The van der Waals surface area contributed by atoms with E-state index >= 15 is 0 Å². The van der Waals surface area contributed by atoms with Gasteiger partial charge in [-0.25, -0.2) is 0 Å². The predicted molar refractivity (Wildman–Crippen MR) is 264 cm³/mol. The van der Waals surface area contributed by atoms with Crippen molar-refractivity contribution in [3.05, 3.63) is 170 Å². The summed E-state index contributed by atoms with van der Waals surface area (Å²) in [5, 5.41) is 3.00. The third-order valence-electron chi connectivity index (χ3n) is 15.1. The van der Waals surface area contributed by atoms with E-state index in [1.807, 2.05) is 0 Å². The van der Waals surface area contributed by atoms with Crippen LogP contribution >= 0.6 is 17.0 Å². The van der Waals surface area contributed by atoms with Crippen LogP contribution in [-0.4, -0.2) is 9.52 Å². The van der Waals surface area contributed by atoms with Gasteiger partial charge in [0.25, 0.3) is 0 Å². The average Bonchev–Trinajstić information content (AvgIpc) is 3.95. The van der Waals surface area contributed by atoms with Gasteiger partial charge in [0.2, 0.25) is 0 Å². The molecule has 4 heteroatoms. The molecule has 0 saturated carbocycles. The normalized spacial score (nSPS) is 17.5. The van der Waals surface area contributed by atoms with Crippen molar-refractivity contribution < 1.29 is 16.4 Å². The Morgan fingerprint density at radius 2 is 0.950 bits per heavy atom. The molecule has 0 fully saturated rings. The van der Waals surface area contributed by atoms with Crippen LogP contribution < -0.4 is 13.6 Å². The summed E-state index contributed by atoms with van der Waals surface area (Å²) in [6, 6.07) is 39.6. The summed E-state index contributed by atoms with van der Waals surface area (Å²) < 4.78 is 1.18. The summed E-state index contributed by atoms with van der Waals surface area (Å²) in [6.45, 7) is 18.2. The van der Waals surface area contributed by atoms with E-state index in [-0.39, 0.29) is 7.25 Å². The Kier molecular flexibility index (Phi) is 11.1. The van der Waals surface area contributed by atoms with Crippen molar-refractivity contribution in [2.45, 2.75) is 101 Å². The molecule has 2 atom stereocenters. The summed E-state index contributed by atoms with van der Waals surface area (Å²) in [6.07, 6.45) is 11.6. The topological polar surface area (TPSA) is 0 Å². The minimum absolute atomic E-state index is 0.0691. The monoisotopic (exact) mass is 919 g/mol. The van der Waals surface area contributed by atoms with E-state index in [2.05, 4.69) is 171 Å². The molecular weight excluding hydrogens is 863 g/mol. The second-order valence-electron chi connectivity index (χ2n) is 18.3. The van der Waals surface area contributed by atoms with E-state index in [9.17, 15) is 17.0 Å². The Morgan fingerprint density at radius 3 is 1.47 bits per heavy atom. The number of rotatable bonds is 11. The van der Waals surface area contributed by atoms with Gasteiger partial charge < -0.3 is 0 Å². The minimum atomic E-state index is -5.64. The zero-order valence-corrected chi connectivity index (χ0v) is 42.2. The predicted octanol–water partition coefficient (Wildman–Crippen LogP) is 14.3. The van der Waals surface area contributed by atoms with E-state index in [4.69, 9.17) is 0 Å². The number of fused-ring (bicyclic) bond motifs is 5. The molecule has 6 aromatic carbocycles. The number of allylic oxidation sites excluding steroid dienone is 2. The molecule has 2 unspecified atom stereocenters. The van der Waals surface area contributed by atoms with Crippen molar-refractivity contribution in [2.75, 3.05) is 0 Å². The van der Waals surface area contributed by atoms with Crippen molar-refractivity contribution in [3.8, 4) is 33.4 Å². The van der Waals surface area contributed by atoms with Crippen LogP contribution in [0.25, 0.3) is 45.5 Å². The number of aryl methyl sites for hydroxylation is 2. The molecule has 2 aliphatic carbocycles. The Balaban J connectivity index is 1.37. The molecule has 0 nitrogen and oxygen atoms in total. The average molecular weight is 922 g/mol. The number of halogens is 2. The van der Waals surface area contributed by atoms with E-state index < -0.39 is 25.9 Å². The molecule has 0 radical (unpaired) electrons. The molecular formula is C56H59Cl2SiZr. The first kappa shape index (κ1) is 41.8. The van der Waals surface area contributed by atoms with Gasteiger partial charge in [0, 0.05) is 0 Å². The molecule has 60 heavy (non-hydrogen) atoms. The van der Waals surface area contributed by atoms with Crippen LogP contribution in [0.5, 0.6) is 0 Å². The molecule has 6 aromatic rings. The van der Waals surface area contributed by atoms with Gasteiger partial charge in [-0.15, -0.1) is 0 Å². The number of benzene rings is 6. The van der Waals surface area contributed by atoms with E-state index in [1.165, 1.54) is 114 Å². The Bertz CT molecular complexity index is 2650. The van der Waals surface area contributed by atoms with Crippen LogP contribution in [0.4, 0.5) is 0 Å². The zero-order chi connectivity index (χ0) is 42.1. The molecule has 305 valence electrons. The van der Waals surface area contributed by atoms with E-state index in [0.29, 0.717) is 0 Å². The van der Waals surface area contributed by atoms with Crippen LogP contribution in [0.15, 0.2) is 114 Å². The quantitative estimate of drug-likeness (QED) is 0.113. The fourth-order valence-electron chi connectivity index (χ4n) is 11.4. The molecule has 0 bridgehead atoms. The van der Waals surface area contributed by atoms with Gasteiger partial charge in [0.05, 0.1) is 0 Å². The molecule has 3 aliphatic rings. The van der Waals surface area contributed by atoms with E-state index in [0.717, 1.165) is 38.5 Å². The third kappa shape index (κ3) is 6.45. The molecule has 0 N–H and O–H groups in total. The fourth-order valence-corrected chi connectivity index (χ4v) is 39.4. The number of hydrogen-bond donors (Lipinski definition) is 0. The first-order valence-corrected chi connectivity index (χ1v) is 34.3. The summed E-state index contributed by atoms with van der Waals surface area (Å²) >= 11 is -5.64. The van der Waals surface area contributed by atoms with E-state index in [1.54, 1.807) is 0 Å². The van der Waals surface area contributed by atoms with Crippen molar-refractivity contribution in [3.63, 3.8) is 0 Å². The van der Waals surface area contributed by atoms with Crippen molar-refractivity contribution >= 4 is 52.3 Å². The Morgan fingerprint density at radius 1 is 0.483 bits per heavy atom. The second kappa shape index (κ2) is 16.0. The molecule has 0 aromatic heterocycles. The van der Waals surface area contributed by atoms with Gasteiger partial charge in [-0.3, -0.25) is 0 Å². The van der Waals surface area contributed by atoms with Crippen LogP contribution in [0, 0.1) is 41.5 Å². The maximum atomic E-state index is 9.43. The van der Waals surface area contributed by atoms with Crippen molar-refractivity contribution in [1.82, 2.24) is 0 Å². The van der Waals surface area contributed by atoms with Gasteiger partial charge in [-0.05, 0) is 0 Å². The Hall–Kier alpha value is -3.52. The molecule has 9 rings (SSSR count). The summed E-state index contributed by atoms with van der Waals surface area (Å²) in [4.78, 5) is 0. The summed E-state index contributed by atoms with van der Waals surface area (Å²) in [5.74, 6) is 0. The SMILES string of the molecule is CCCCC1=Cc2c(-c3ccc(C)c(C)c3C)cccc2[CH]1[Zr]([Cl])([Cl])([c]1cccc2c1[SiH2]c1ccccc1-2)[CH]1C(CCCC)=Cc2c(-c3ccc(C)c(C)c3C)cccc21. The van der Waals surface area contributed by atoms with Gasteiger partial charge in [0.15, 0.2) is 0 Å². The Labute approximate surface area is 370 Å². The summed E-state index contributed by atoms with van der Waals surface area (Å²) in [7, 11) is 18.0. The standard InChI is InChI=1S/2C22H25.C12H9Si.2ClH.Zr/c2*1-5-6-8-18-13-19-9-7-10-21(22(19)14-18)20-12-11-15(2)16(3)17(20)4;1-3-7-11-9(5-1)10-6-2-4-8-12(10)13-11;;;/h2*7,9-14H,5-6,8H2,1-4H3;1-7H,13H2;2*1H;/q;;;;;+2/p-2. The van der Waals surface area contributed by atoms with Gasteiger partial charge in [-0.1, -0.05) is 0 Å². The van der Waals surface area contributed by atoms with Crippen LogP contribution in [0.3, 0.4) is 0 Å². The molecule has 0 spiro atoms. The first-order valence-electron chi connectivity index (χ1n) is 22.5. The van der Waals surface area contributed by atoms with Crippen molar-refractivity contribution in [2.24, 2.45) is 0 Å². The summed E-state index contributed by atoms with van der Waals surface area (Å²) in [5.41, 5.74) is 24.3. The van der Waals surface area contributed by atoms with Gasteiger partial charge in [0.1, 0.15) is 0 Å². The molecule has 1 aliphatic heterocycles. The third-order valence-corrected chi connectivity index (χ3v) is 37.9. The van der Waals surface area contributed by atoms with Crippen LogP contribution in [0.1, 0.15) is 115 Å². The number of hydrogen-bond acceptors (Lipinski definition) is 0. The first-order chi connectivity index (χ1) is 28.9. The number of unbranched alkanes of at least 4 members (excludes halogenated alkanes) is 2. The molecule has 0 saturated heterocycles. The zero-order valence-electron chi connectivity index (χ0n) is 36.8. The van der Waals surface area contributed by atoms with Crippen molar-refractivity contribution in [1.29, 1.82) is 0 Å². The van der Waals surface area contributed by atoms with Crippen LogP contribution in [0.2, 0.25) is 0 Å². The van der Waals surface area contributed by atoms with Gasteiger partial charge >= 0.3 is 373 Å². The maximum absolute atomic E-state index is 9.43. The van der Waals surface area contributed by atoms with Gasteiger partial charge in [-0.2, -0.15) is 0 Å². The molecule has 0 amide bonds. The van der Waals surface area contributed by atoms with Crippen LogP contribution in [-0.2, 0) is 16.4 Å².